The Morgan fingerprint density at radius 2 is 0.944 bits per heavy atom. The average molecular weight is 496 g/mol. The van der Waals surface area contributed by atoms with E-state index in [1.165, 1.54) is 24.3 Å². The molecule has 0 radical (unpaired) electrons. The molecular formula is C26H24O10. The normalized spacial score (nSPS) is 25.2. The minimum absolute atomic E-state index is 0.0615. The van der Waals surface area contributed by atoms with Crippen LogP contribution in [0.25, 0.3) is 0 Å². The first-order chi connectivity index (χ1) is 17.1. The Bertz CT molecular complexity index is 1170. The van der Waals surface area contributed by atoms with Gasteiger partial charge in [-0.3, -0.25) is 0 Å². The van der Waals surface area contributed by atoms with Gasteiger partial charge in [-0.2, -0.15) is 0 Å². The topological polar surface area (TPSA) is 168 Å². The van der Waals surface area contributed by atoms with E-state index in [0.717, 1.165) is 44.2 Å². The highest BCUT2D eigenvalue weighted by molar-refractivity contribution is 6.02. The van der Waals surface area contributed by atoms with Crippen molar-refractivity contribution in [2.24, 2.45) is 23.7 Å². The standard InChI is InChI=1S/C26H24O10/c27-22(28)18-3-1-16(10-20(18)24(31)32)35-26(14-6-12-5-13(8-14)9-15(26)7-12)36-17-2-4-19(23(29)30)21(11-17)25(33)34/h1-4,10-15H,5-9H2,(H,27,28)(H,29,30)(H,31,32)(H,33,34). The molecule has 4 saturated carbocycles. The van der Waals surface area contributed by atoms with Crippen molar-refractivity contribution in [3.63, 3.8) is 0 Å². The van der Waals surface area contributed by atoms with Crippen molar-refractivity contribution in [2.45, 2.75) is 37.9 Å². The Morgan fingerprint density at radius 3 is 1.28 bits per heavy atom. The summed E-state index contributed by atoms with van der Waals surface area (Å²) in [6.45, 7) is 0. The van der Waals surface area contributed by atoms with Crippen molar-refractivity contribution in [1.82, 2.24) is 0 Å². The number of carbonyl (C=O) groups is 4. The second-order valence-corrected chi connectivity index (χ2v) is 9.87. The lowest BCUT2D eigenvalue weighted by Crippen LogP contribution is -2.64. The third-order valence-corrected chi connectivity index (χ3v) is 7.73. The van der Waals surface area contributed by atoms with E-state index in [1.54, 1.807) is 0 Å². The number of rotatable bonds is 8. The molecule has 0 spiro atoms. The number of hydrogen-bond donors (Lipinski definition) is 4. The summed E-state index contributed by atoms with van der Waals surface area (Å²) in [5, 5.41) is 37.8. The minimum Gasteiger partial charge on any atom is -0.478 e. The fourth-order valence-electron chi connectivity index (χ4n) is 6.46. The third kappa shape index (κ3) is 3.92. The lowest BCUT2D eigenvalue weighted by Gasteiger charge is -2.59. The molecule has 0 heterocycles. The highest BCUT2D eigenvalue weighted by atomic mass is 16.7. The van der Waals surface area contributed by atoms with Gasteiger partial charge in [0.05, 0.1) is 22.3 Å². The first kappa shape index (κ1) is 23.7. The fraction of sp³-hybridized carbons (Fsp3) is 0.385. The molecule has 36 heavy (non-hydrogen) atoms. The van der Waals surface area contributed by atoms with Crippen LogP contribution < -0.4 is 9.47 Å². The van der Waals surface area contributed by atoms with Gasteiger partial charge in [0, 0.05) is 11.8 Å². The molecule has 6 rings (SSSR count). The van der Waals surface area contributed by atoms with Crippen molar-refractivity contribution < 1.29 is 49.1 Å². The zero-order valence-corrected chi connectivity index (χ0v) is 19.0. The lowest BCUT2D eigenvalue weighted by molar-refractivity contribution is -0.260. The van der Waals surface area contributed by atoms with E-state index in [9.17, 15) is 39.6 Å². The summed E-state index contributed by atoms with van der Waals surface area (Å²) >= 11 is 0. The molecule has 4 bridgehead atoms. The van der Waals surface area contributed by atoms with Gasteiger partial charge in [0.1, 0.15) is 11.5 Å². The molecule has 10 heteroatoms. The zero-order chi connectivity index (χ0) is 25.8. The number of aromatic carboxylic acids is 4. The quantitative estimate of drug-likeness (QED) is 0.391. The van der Waals surface area contributed by atoms with E-state index in [-0.39, 0.29) is 34.5 Å². The molecule has 188 valence electrons. The van der Waals surface area contributed by atoms with Gasteiger partial charge in [-0.1, -0.05) is 0 Å². The smallest absolute Gasteiger partial charge is 0.336 e. The molecule has 0 aliphatic heterocycles. The molecule has 10 nitrogen and oxygen atoms in total. The molecule has 0 atom stereocenters. The van der Waals surface area contributed by atoms with Crippen LogP contribution in [-0.2, 0) is 0 Å². The molecule has 0 amide bonds. The number of benzene rings is 2. The molecule has 4 aliphatic rings. The molecule has 4 N–H and O–H groups in total. The first-order valence-corrected chi connectivity index (χ1v) is 11.7. The third-order valence-electron chi connectivity index (χ3n) is 7.73. The van der Waals surface area contributed by atoms with Gasteiger partial charge in [0.25, 0.3) is 5.79 Å². The van der Waals surface area contributed by atoms with E-state index in [1.807, 2.05) is 0 Å². The van der Waals surface area contributed by atoms with E-state index in [0.29, 0.717) is 11.8 Å². The van der Waals surface area contributed by atoms with Crippen molar-refractivity contribution >= 4 is 23.9 Å². The molecule has 0 saturated heterocycles. The Labute approximate surface area is 205 Å². The Kier molecular flexibility index (Phi) is 5.61. The molecule has 4 fully saturated rings. The first-order valence-electron chi connectivity index (χ1n) is 11.7. The molecule has 2 aromatic rings. The van der Waals surface area contributed by atoms with Gasteiger partial charge >= 0.3 is 23.9 Å². The van der Waals surface area contributed by atoms with Crippen molar-refractivity contribution in [3.8, 4) is 11.5 Å². The Balaban J connectivity index is 1.57. The average Bonchev–Trinajstić information content (AvgIpc) is 2.81. The maximum Gasteiger partial charge on any atom is 0.336 e. The largest absolute Gasteiger partial charge is 0.478 e. The predicted molar refractivity (Wildman–Crippen MR) is 122 cm³/mol. The number of carboxylic acid groups (broad SMARTS) is 4. The van der Waals surface area contributed by atoms with Crippen molar-refractivity contribution in [3.05, 3.63) is 58.7 Å². The summed E-state index contributed by atoms with van der Waals surface area (Å²) in [6, 6.07) is 7.46. The summed E-state index contributed by atoms with van der Waals surface area (Å²) < 4.78 is 12.9. The van der Waals surface area contributed by atoms with Crippen LogP contribution in [0, 0.1) is 23.7 Å². The van der Waals surface area contributed by atoms with Crippen molar-refractivity contribution in [2.75, 3.05) is 0 Å². The second-order valence-electron chi connectivity index (χ2n) is 9.87. The van der Waals surface area contributed by atoms with Crippen molar-refractivity contribution in [1.29, 1.82) is 0 Å². The monoisotopic (exact) mass is 496 g/mol. The number of hydrogen-bond acceptors (Lipinski definition) is 6. The van der Waals surface area contributed by atoms with Crippen LogP contribution >= 0.6 is 0 Å². The van der Waals surface area contributed by atoms with Crippen LogP contribution in [0.2, 0.25) is 0 Å². The highest BCUT2D eigenvalue weighted by Gasteiger charge is 2.61. The Morgan fingerprint density at radius 1 is 0.583 bits per heavy atom. The van der Waals surface area contributed by atoms with Gasteiger partial charge in [0.2, 0.25) is 0 Å². The highest BCUT2D eigenvalue weighted by Crippen LogP contribution is 2.60. The summed E-state index contributed by atoms with van der Waals surface area (Å²) in [5.74, 6) is -5.64. The summed E-state index contributed by atoms with van der Waals surface area (Å²) in [4.78, 5) is 46.4. The van der Waals surface area contributed by atoms with Crippen LogP contribution in [0.5, 0.6) is 11.5 Å². The summed E-state index contributed by atoms with van der Waals surface area (Å²) in [5.41, 5.74) is -1.58. The maximum absolute atomic E-state index is 11.7. The predicted octanol–water partition coefficient (Wildman–Crippen LogP) is 4.09. The second kappa shape index (κ2) is 8.54. The minimum atomic E-state index is -1.41. The van der Waals surface area contributed by atoms with Gasteiger partial charge in [0.15, 0.2) is 0 Å². The molecule has 0 aromatic heterocycles. The van der Waals surface area contributed by atoms with Crippen LogP contribution in [0.3, 0.4) is 0 Å². The Hall–Kier alpha value is -4.08. The van der Waals surface area contributed by atoms with Gasteiger partial charge in [-0.05, 0) is 80.3 Å². The molecular weight excluding hydrogens is 472 g/mol. The van der Waals surface area contributed by atoms with Gasteiger partial charge < -0.3 is 29.9 Å². The SMILES string of the molecule is O=C(O)c1ccc(OC2(Oc3ccc(C(=O)O)c(C(=O)O)c3)C3CC4CC(C3)CC2C4)cc1C(=O)O. The number of carboxylic acids is 4. The molecule has 4 aliphatic carbocycles. The molecule has 0 unspecified atom stereocenters. The van der Waals surface area contributed by atoms with E-state index in [2.05, 4.69) is 0 Å². The molecule has 2 aromatic carbocycles. The summed E-state index contributed by atoms with van der Waals surface area (Å²) in [6.07, 6.45) is 4.43. The van der Waals surface area contributed by atoms with Gasteiger partial charge in [-0.15, -0.1) is 0 Å². The van der Waals surface area contributed by atoms with E-state index < -0.39 is 40.8 Å². The lowest BCUT2D eigenvalue weighted by atomic mass is 9.53. The van der Waals surface area contributed by atoms with Crippen LogP contribution in [0.4, 0.5) is 0 Å². The zero-order valence-electron chi connectivity index (χ0n) is 19.0. The fourth-order valence-corrected chi connectivity index (χ4v) is 6.46. The van der Waals surface area contributed by atoms with E-state index >= 15 is 0 Å². The number of ether oxygens (including phenoxy) is 2. The van der Waals surface area contributed by atoms with Gasteiger partial charge in [-0.25, -0.2) is 19.2 Å². The maximum atomic E-state index is 11.7. The van der Waals surface area contributed by atoms with Crippen LogP contribution in [0.1, 0.15) is 73.5 Å². The van der Waals surface area contributed by atoms with Crippen LogP contribution in [-0.4, -0.2) is 50.1 Å². The van der Waals surface area contributed by atoms with E-state index in [4.69, 9.17) is 9.47 Å². The summed E-state index contributed by atoms with van der Waals surface area (Å²) in [7, 11) is 0. The van der Waals surface area contributed by atoms with Crippen LogP contribution in [0.15, 0.2) is 36.4 Å².